The highest BCUT2D eigenvalue weighted by molar-refractivity contribution is 6.07. The lowest BCUT2D eigenvalue weighted by Crippen LogP contribution is -2.18. The molecule has 0 amide bonds. The fourth-order valence-corrected chi connectivity index (χ4v) is 2.32. The Morgan fingerprint density at radius 1 is 1.43 bits per heavy atom. The molecule has 0 radical (unpaired) electrons. The van der Waals surface area contributed by atoms with Crippen molar-refractivity contribution in [3.63, 3.8) is 0 Å². The molecular weight excluding hydrogens is 270 g/mol. The van der Waals surface area contributed by atoms with Crippen LogP contribution in [0.25, 0.3) is 10.9 Å². The van der Waals surface area contributed by atoms with E-state index in [1.807, 2.05) is 34.4 Å². The predicted molar refractivity (Wildman–Crippen MR) is 79.6 cm³/mol. The number of esters is 1. The van der Waals surface area contributed by atoms with E-state index in [9.17, 15) is 4.79 Å². The summed E-state index contributed by atoms with van der Waals surface area (Å²) in [4.78, 5) is 11.3. The van der Waals surface area contributed by atoms with Crippen LogP contribution in [0, 0.1) is 5.41 Å². The van der Waals surface area contributed by atoms with E-state index >= 15 is 0 Å². The highest BCUT2D eigenvalue weighted by Gasteiger charge is 2.09. The maximum Gasteiger partial charge on any atom is 0.305 e. The molecule has 2 aromatic rings. The molecule has 3 N–H and O–H groups in total. The molecule has 0 aliphatic carbocycles. The van der Waals surface area contributed by atoms with E-state index < -0.39 is 0 Å². The van der Waals surface area contributed by atoms with Gasteiger partial charge in [0, 0.05) is 35.6 Å². The summed E-state index contributed by atoms with van der Waals surface area (Å²) in [5.74, 6) is -0.217. The Morgan fingerprint density at radius 2 is 2.24 bits per heavy atom. The van der Waals surface area contributed by atoms with Crippen LogP contribution in [0.15, 0.2) is 30.5 Å². The SMILES string of the molecule is CCOC(=O)CCCn1ccc2c(C(=N)NO)cccc21. The number of carbonyl (C=O) groups excluding carboxylic acids is 1. The summed E-state index contributed by atoms with van der Waals surface area (Å²) >= 11 is 0. The number of amidine groups is 1. The fraction of sp³-hybridized carbons (Fsp3) is 0.333. The maximum atomic E-state index is 11.3. The molecule has 0 aliphatic rings. The molecule has 21 heavy (non-hydrogen) atoms. The molecule has 0 bridgehead atoms. The number of fused-ring (bicyclic) bond motifs is 1. The third kappa shape index (κ3) is 3.41. The van der Waals surface area contributed by atoms with Gasteiger partial charge in [0.25, 0.3) is 0 Å². The lowest BCUT2D eigenvalue weighted by molar-refractivity contribution is -0.143. The predicted octanol–water partition coefficient (Wildman–Crippen LogP) is 2.29. The average Bonchev–Trinajstić information content (AvgIpc) is 2.90. The number of rotatable bonds is 6. The van der Waals surface area contributed by atoms with Crippen LogP contribution in [-0.4, -0.2) is 28.2 Å². The molecule has 1 heterocycles. The minimum Gasteiger partial charge on any atom is -0.466 e. The molecule has 0 fully saturated rings. The molecule has 0 saturated carbocycles. The molecule has 2 rings (SSSR count). The summed E-state index contributed by atoms with van der Waals surface area (Å²) in [6.07, 6.45) is 3.01. The molecule has 0 unspecified atom stereocenters. The standard InChI is InChI=1S/C15H19N3O3/c1-2-21-14(19)7-4-9-18-10-8-11-12(15(16)17-20)5-3-6-13(11)18/h3,5-6,8,10,20H,2,4,7,9H2,1H3,(H2,16,17). The lowest BCUT2D eigenvalue weighted by atomic mass is 10.1. The quantitative estimate of drug-likeness (QED) is 0.329. The monoisotopic (exact) mass is 289 g/mol. The first-order valence-electron chi connectivity index (χ1n) is 6.90. The Hall–Kier alpha value is -2.34. The van der Waals surface area contributed by atoms with E-state index in [0.717, 1.165) is 10.9 Å². The van der Waals surface area contributed by atoms with E-state index in [2.05, 4.69) is 0 Å². The first kappa shape index (κ1) is 15.1. The minimum atomic E-state index is -0.180. The third-order valence-electron chi connectivity index (χ3n) is 3.28. The van der Waals surface area contributed by atoms with E-state index in [1.54, 1.807) is 13.0 Å². The number of nitrogens with one attached hydrogen (secondary N) is 2. The highest BCUT2D eigenvalue weighted by Crippen LogP contribution is 2.20. The largest absolute Gasteiger partial charge is 0.466 e. The van der Waals surface area contributed by atoms with Gasteiger partial charge in [0.15, 0.2) is 0 Å². The third-order valence-corrected chi connectivity index (χ3v) is 3.28. The van der Waals surface area contributed by atoms with E-state index in [0.29, 0.717) is 31.6 Å². The molecule has 0 atom stereocenters. The second kappa shape index (κ2) is 6.90. The fourth-order valence-electron chi connectivity index (χ4n) is 2.32. The second-order valence-corrected chi connectivity index (χ2v) is 4.64. The molecule has 0 saturated heterocycles. The van der Waals surface area contributed by atoms with Gasteiger partial charge >= 0.3 is 5.97 Å². The van der Waals surface area contributed by atoms with Gasteiger partial charge in [0.2, 0.25) is 0 Å². The number of aromatic nitrogens is 1. The van der Waals surface area contributed by atoms with Gasteiger partial charge in [-0.3, -0.25) is 20.9 Å². The maximum absolute atomic E-state index is 11.3. The number of aryl methyl sites for hydroxylation is 1. The van der Waals surface area contributed by atoms with Gasteiger partial charge in [0.1, 0.15) is 5.84 Å². The van der Waals surface area contributed by atoms with Crippen molar-refractivity contribution in [2.75, 3.05) is 6.61 Å². The number of carbonyl (C=O) groups is 1. The molecular formula is C15H19N3O3. The molecule has 6 nitrogen and oxygen atoms in total. The van der Waals surface area contributed by atoms with Crippen molar-refractivity contribution in [2.24, 2.45) is 0 Å². The van der Waals surface area contributed by atoms with E-state index in [-0.39, 0.29) is 11.8 Å². The zero-order valence-electron chi connectivity index (χ0n) is 11.9. The van der Waals surface area contributed by atoms with E-state index in [4.69, 9.17) is 15.4 Å². The van der Waals surface area contributed by atoms with Gasteiger partial charge in [-0.05, 0) is 25.5 Å². The Kier molecular flexibility index (Phi) is 4.94. The van der Waals surface area contributed by atoms with Gasteiger partial charge in [-0.15, -0.1) is 0 Å². The highest BCUT2D eigenvalue weighted by atomic mass is 16.5. The number of hydrogen-bond donors (Lipinski definition) is 3. The van der Waals surface area contributed by atoms with Gasteiger partial charge < -0.3 is 9.30 Å². The van der Waals surface area contributed by atoms with Crippen molar-refractivity contribution < 1.29 is 14.7 Å². The van der Waals surface area contributed by atoms with Crippen molar-refractivity contribution in [3.8, 4) is 0 Å². The van der Waals surface area contributed by atoms with Crippen LogP contribution in [0.3, 0.4) is 0 Å². The summed E-state index contributed by atoms with van der Waals surface area (Å²) in [6.45, 7) is 2.90. The van der Waals surface area contributed by atoms with Crippen molar-refractivity contribution >= 4 is 22.7 Å². The summed E-state index contributed by atoms with van der Waals surface area (Å²) < 4.78 is 6.93. The first-order chi connectivity index (χ1) is 10.2. The second-order valence-electron chi connectivity index (χ2n) is 4.64. The Balaban J connectivity index is 2.12. The molecule has 112 valence electrons. The van der Waals surface area contributed by atoms with Crippen LogP contribution in [-0.2, 0) is 16.1 Å². The van der Waals surface area contributed by atoms with Crippen LogP contribution < -0.4 is 5.48 Å². The molecule has 1 aromatic heterocycles. The Bertz CT molecular complexity index is 649. The smallest absolute Gasteiger partial charge is 0.305 e. The van der Waals surface area contributed by atoms with Crippen LogP contribution in [0.5, 0.6) is 0 Å². The Labute approximate surface area is 122 Å². The first-order valence-corrected chi connectivity index (χ1v) is 6.90. The van der Waals surface area contributed by atoms with Crippen molar-refractivity contribution in [3.05, 3.63) is 36.0 Å². The number of benzene rings is 1. The molecule has 1 aromatic carbocycles. The van der Waals surface area contributed by atoms with E-state index in [1.165, 1.54) is 0 Å². The van der Waals surface area contributed by atoms with Crippen molar-refractivity contribution in [1.82, 2.24) is 10.0 Å². The van der Waals surface area contributed by atoms with Crippen LogP contribution in [0.4, 0.5) is 0 Å². The van der Waals surface area contributed by atoms with Gasteiger partial charge in [-0.2, -0.15) is 0 Å². The van der Waals surface area contributed by atoms with Crippen molar-refractivity contribution in [2.45, 2.75) is 26.3 Å². The topological polar surface area (TPSA) is 87.3 Å². The molecule has 6 heteroatoms. The summed E-state index contributed by atoms with van der Waals surface area (Å²) in [5.41, 5.74) is 3.47. The van der Waals surface area contributed by atoms with Crippen LogP contribution in [0.2, 0.25) is 0 Å². The number of hydrogen-bond acceptors (Lipinski definition) is 4. The minimum absolute atomic E-state index is 0.0372. The number of nitrogens with zero attached hydrogens (tertiary/aromatic N) is 1. The van der Waals surface area contributed by atoms with Gasteiger partial charge in [-0.25, -0.2) is 0 Å². The van der Waals surface area contributed by atoms with Gasteiger partial charge in [0.05, 0.1) is 6.61 Å². The molecule has 0 aliphatic heterocycles. The Morgan fingerprint density at radius 3 is 2.95 bits per heavy atom. The zero-order chi connectivity index (χ0) is 15.2. The average molecular weight is 289 g/mol. The summed E-state index contributed by atoms with van der Waals surface area (Å²) in [7, 11) is 0. The van der Waals surface area contributed by atoms with Crippen LogP contribution >= 0.6 is 0 Å². The number of ether oxygens (including phenoxy) is 1. The summed E-state index contributed by atoms with van der Waals surface area (Å²) in [6, 6.07) is 7.47. The van der Waals surface area contributed by atoms with Gasteiger partial charge in [-0.1, -0.05) is 12.1 Å². The van der Waals surface area contributed by atoms with Crippen LogP contribution in [0.1, 0.15) is 25.3 Å². The van der Waals surface area contributed by atoms with Crippen molar-refractivity contribution in [1.29, 1.82) is 5.41 Å². The zero-order valence-corrected chi connectivity index (χ0v) is 11.9. The summed E-state index contributed by atoms with van der Waals surface area (Å²) in [5, 5.41) is 17.4. The molecule has 0 spiro atoms. The lowest BCUT2D eigenvalue weighted by Gasteiger charge is -2.07. The normalized spacial score (nSPS) is 10.6. The number of hydroxylamine groups is 1.